The van der Waals surface area contributed by atoms with Crippen molar-refractivity contribution in [3.63, 3.8) is 0 Å². The van der Waals surface area contributed by atoms with Gasteiger partial charge in [0, 0.05) is 54.8 Å². The van der Waals surface area contributed by atoms with Crippen LogP contribution < -0.4 is 20.3 Å². The fourth-order valence-electron chi connectivity index (χ4n) is 5.57. The van der Waals surface area contributed by atoms with Crippen LogP contribution in [-0.4, -0.2) is 56.6 Å². The normalized spacial score (nSPS) is 20.3. The average molecular weight is 586 g/mol. The predicted octanol–water partition coefficient (Wildman–Crippen LogP) is 4.88. The van der Waals surface area contributed by atoms with E-state index in [1.54, 1.807) is 50.8 Å². The van der Waals surface area contributed by atoms with Gasteiger partial charge in [0.1, 0.15) is 11.6 Å². The van der Waals surface area contributed by atoms with E-state index in [0.717, 1.165) is 44.5 Å². The van der Waals surface area contributed by atoms with Crippen molar-refractivity contribution in [3.05, 3.63) is 70.9 Å². The van der Waals surface area contributed by atoms with Crippen molar-refractivity contribution in [2.45, 2.75) is 76.2 Å². The summed E-state index contributed by atoms with van der Waals surface area (Å²) in [6.07, 6.45) is 11.6. The van der Waals surface area contributed by atoms with Crippen molar-refractivity contribution in [1.29, 1.82) is 0 Å². The van der Waals surface area contributed by atoms with E-state index in [0.29, 0.717) is 27.9 Å². The first kappa shape index (κ1) is 28.2. The van der Waals surface area contributed by atoms with Crippen molar-refractivity contribution in [1.82, 2.24) is 25.2 Å². The van der Waals surface area contributed by atoms with E-state index in [1.807, 2.05) is 22.9 Å². The summed E-state index contributed by atoms with van der Waals surface area (Å²) in [5.41, 5.74) is -0.561. The number of amides is 2. The van der Waals surface area contributed by atoms with E-state index >= 15 is 0 Å². The first-order valence-corrected chi connectivity index (χ1v) is 14.4. The molecule has 11 heteroatoms. The Hall–Kier alpha value is -3.30. The number of rotatable bonds is 10. The number of ether oxygens (including phenoxy) is 1. The van der Waals surface area contributed by atoms with Gasteiger partial charge in [0.25, 0.3) is 11.8 Å². The first-order chi connectivity index (χ1) is 19.2. The second-order valence-electron chi connectivity index (χ2n) is 10.9. The minimum Gasteiger partial charge on any atom is -0.476 e. The number of nitrogens with one attached hydrogen (secondary N) is 2. The molecule has 2 aromatic heterocycles. The molecule has 2 saturated heterocycles. The zero-order chi connectivity index (χ0) is 28.3. The Morgan fingerprint density at radius 2 is 1.90 bits per heavy atom. The van der Waals surface area contributed by atoms with Crippen LogP contribution in [0.15, 0.2) is 55.2 Å². The Bertz CT molecular complexity index is 1320. The van der Waals surface area contributed by atoms with Crippen LogP contribution in [-0.2, 0) is 11.3 Å². The van der Waals surface area contributed by atoms with E-state index < -0.39 is 5.60 Å². The van der Waals surface area contributed by atoms with Gasteiger partial charge in [0.05, 0.1) is 16.9 Å². The molecule has 0 radical (unpaired) electrons. The minimum atomic E-state index is -1.11. The highest BCUT2D eigenvalue weighted by molar-refractivity contribution is 6.35. The van der Waals surface area contributed by atoms with Crippen LogP contribution in [0.4, 0.5) is 5.82 Å². The fourth-order valence-corrected chi connectivity index (χ4v) is 6.01. The second kappa shape index (κ2) is 12.1. The second-order valence-corrected chi connectivity index (χ2v) is 11.8. The van der Waals surface area contributed by atoms with Gasteiger partial charge in [-0.25, -0.2) is 9.97 Å². The van der Waals surface area contributed by atoms with Crippen LogP contribution in [0, 0.1) is 0 Å². The monoisotopic (exact) mass is 584 g/mol. The van der Waals surface area contributed by atoms with Gasteiger partial charge in [0.15, 0.2) is 5.60 Å². The van der Waals surface area contributed by atoms with Crippen LogP contribution in [0.2, 0.25) is 10.0 Å². The number of piperidine rings is 1. The molecule has 2 amide bonds. The summed E-state index contributed by atoms with van der Waals surface area (Å²) in [5.74, 6) is 0.974. The zero-order valence-corrected chi connectivity index (χ0v) is 24.2. The Morgan fingerprint density at radius 3 is 2.55 bits per heavy atom. The molecule has 2 atom stereocenters. The topological polar surface area (TPSA) is 101 Å². The van der Waals surface area contributed by atoms with Crippen molar-refractivity contribution in [2.75, 3.05) is 11.4 Å². The number of hydrogen-bond acceptors (Lipinski definition) is 6. The SMILES string of the molecule is CC(C)(Oc1ccc(Cl)cc1Cl)C(=O)NC1CC2CCC(C1)N2c1ccc(C(=O)NCCCn2ccnc2)cn1. The van der Waals surface area contributed by atoms with Crippen molar-refractivity contribution in [3.8, 4) is 5.75 Å². The molecule has 4 heterocycles. The number of anilines is 1. The van der Waals surface area contributed by atoms with Gasteiger partial charge in [-0.05, 0) is 76.3 Å². The van der Waals surface area contributed by atoms with Crippen LogP contribution >= 0.6 is 23.2 Å². The number of nitrogens with zero attached hydrogens (tertiary/aromatic N) is 4. The van der Waals surface area contributed by atoms with Gasteiger partial charge in [-0.1, -0.05) is 23.2 Å². The lowest BCUT2D eigenvalue weighted by Gasteiger charge is -2.40. The van der Waals surface area contributed by atoms with E-state index in [9.17, 15) is 9.59 Å². The van der Waals surface area contributed by atoms with E-state index in [-0.39, 0.29) is 29.9 Å². The predicted molar refractivity (Wildman–Crippen MR) is 155 cm³/mol. The third kappa shape index (κ3) is 6.53. The van der Waals surface area contributed by atoms with Gasteiger partial charge < -0.3 is 24.8 Å². The molecule has 0 saturated carbocycles. The first-order valence-electron chi connectivity index (χ1n) is 13.6. The van der Waals surface area contributed by atoms with Crippen LogP contribution in [0.1, 0.15) is 56.3 Å². The molecule has 2 fully saturated rings. The summed E-state index contributed by atoms with van der Waals surface area (Å²) in [6.45, 7) is 4.85. The third-order valence-corrected chi connectivity index (χ3v) is 8.12. The quantitative estimate of drug-likeness (QED) is 0.329. The van der Waals surface area contributed by atoms with Gasteiger partial charge in [-0.15, -0.1) is 0 Å². The standard InChI is InChI=1S/C29H34Cl2N6O3/c1-29(2,40-25-8-5-20(30)14-24(25)31)28(39)35-21-15-22-6-7-23(16-21)37(22)26-9-4-19(17-34-26)27(38)33-10-3-12-36-13-11-32-18-36/h4-5,8-9,11,13-14,17-18,21-23H,3,6-7,10,12,15-16H2,1-2H3,(H,33,38)(H,35,39). The molecule has 2 unspecified atom stereocenters. The Balaban J connectivity index is 1.13. The molecule has 5 rings (SSSR count). The summed E-state index contributed by atoms with van der Waals surface area (Å²) in [4.78, 5) is 36.8. The van der Waals surface area contributed by atoms with Gasteiger partial charge in [-0.2, -0.15) is 0 Å². The molecule has 0 aliphatic carbocycles. The average Bonchev–Trinajstić information content (AvgIpc) is 3.54. The number of aryl methyl sites for hydroxylation is 1. The lowest BCUT2D eigenvalue weighted by molar-refractivity contribution is -0.135. The molecule has 2 aliphatic rings. The van der Waals surface area contributed by atoms with Crippen molar-refractivity contribution >= 4 is 40.8 Å². The van der Waals surface area contributed by atoms with Crippen LogP contribution in [0.3, 0.4) is 0 Å². The highest BCUT2D eigenvalue weighted by atomic mass is 35.5. The minimum absolute atomic E-state index is 0.0391. The largest absolute Gasteiger partial charge is 0.476 e. The summed E-state index contributed by atoms with van der Waals surface area (Å²) < 4.78 is 7.95. The van der Waals surface area contributed by atoms with Gasteiger partial charge in [0.2, 0.25) is 0 Å². The van der Waals surface area contributed by atoms with Crippen LogP contribution in [0.25, 0.3) is 0 Å². The molecule has 212 valence electrons. The molecule has 2 N–H and O–H groups in total. The van der Waals surface area contributed by atoms with Crippen molar-refractivity contribution in [2.24, 2.45) is 0 Å². The smallest absolute Gasteiger partial charge is 0.263 e. The van der Waals surface area contributed by atoms with Gasteiger partial charge >= 0.3 is 0 Å². The molecule has 1 aromatic carbocycles. The molecular weight excluding hydrogens is 551 g/mol. The Labute approximate surface area is 244 Å². The molecule has 2 bridgehead atoms. The number of carbonyl (C=O) groups is 2. The number of aromatic nitrogens is 3. The number of imidazole rings is 1. The Morgan fingerprint density at radius 1 is 1.12 bits per heavy atom. The molecule has 9 nitrogen and oxygen atoms in total. The number of hydrogen-bond donors (Lipinski definition) is 2. The molecule has 3 aromatic rings. The number of fused-ring (bicyclic) bond motifs is 2. The number of halogens is 2. The highest BCUT2D eigenvalue weighted by Crippen LogP contribution is 2.39. The highest BCUT2D eigenvalue weighted by Gasteiger charge is 2.43. The van der Waals surface area contributed by atoms with E-state index in [4.69, 9.17) is 27.9 Å². The molecular formula is C29H34Cl2N6O3. The fraction of sp³-hybridized carbons (Fsp3) is 0.448. The maximum atomic E-state index is 13.2. The zero-order valence-electron chi connectivity index (χ0n) is 22.6. The van der Waals surface area contributed by atoms with Crippen LogP contribution in [0.5, 0.6) is 5.75 Å². The van der Waals surface area contributed by atoms with Gasteiger partial charge in [-0.3, -0.25) is 9.59 Å². The summed E-state index contributed by atoms with van der Waals surface area (Å²) in [7, 11) is 0. The van der Waals surface area contributed by atoms with E-state index in [1.165, 1.54) is 0 Å². The van der Waals surface area contributed by atoms with E-state index in [2.05, 4.69) is 25.5 Å². The number of benzene rings is 1. The summed E-state index contributed by atoms with van der Waals surface area (Å²) >= 11 is 12.2. The third-order valence-electron chi connectivity index (χ3n) is 7.59. The molecule has 2 aliphatic heterocycles. The summed E-state index contributed by atoms with van der Waals surface area (Å²) in [5, 5.41) is 7.03. The van der Waals surface area contributed by atoms with Crippen molar-refractivity contribution < 1.29 is 14.3 Å². The molecule has 0 spiro atoms. The lowest BCUT2D eigenvalue weighted by Crippen LogP contribution is -2.55. The lowest BCUT2D eigenvalue weighted by atomic mass is 9.96. The Kier molecular flexibility index (Phi) is 8.51. The maximum absolute atomic E-state index is 13.2. The number of carbonyl (C=O) groups excluding carboxylic acids is 2. The summed E-state index contributed by atoms with van der Waals surface area (Å²) in [6, 6.07) is 9.29. The number of pyridine rings is 1. The molecule has 40 heavy (non-hydrogen) atoms. The maximum Gasteiger partial charge on any atom is 0.263 e.